The lowest BCUT2D eigenvalue weighted by Gasteiger charge is -2.07. The van der Waals surface area contributed by atoms with Gasteiger partial charge < -0.3 is 0 Å². The minimum atomic E-state index is -0.352. The van der Waals surface area contributed by atoms with E-state index in [-0.39, 0.29) is 11.6 Å². The van der Waals surface area contributed by atoms with Gasteiger partial charge in [0.05, 0.1) is 17.1 Å². The van der Waals surface area contributed by atoms with Crippen LogP contribution in [0.3, 0.4) is 0 Å². The van der Waals surface area contributed by atoms with E-state index in [1.54, 1.807) is 17.7 Å². The van der Waals surface area contributed by atoms with Crippen molar-refractivity contribution in [1.29, 1.82) is 0 Å². The third kappa shape index (κ3) is 4.63. The van der Waals surface area contributed by atoms with Crippen molar-refractivity contribution in [2.75, 3.05) is 5.32 Å². The number of amides is 1. The zero-order valence-electron chi connectivity index (χ0n) is 17.1. The van der Waals surface area contributed by atoms with E-state index in [0.29, 0.717) is 20.9 Å². The fourth-order valence-electron chi connectivity index (χ4n) is 3.17. The minimum Gasteiger partial charge on any atom is -0.296 e. The van der Waals surface area contributed by atoms with Gasteiger partial charge in [-0.3, -0.25) is 10.1 Å². The maximum Gasteiger partial charge on any atom is 0.279 e. The molecule has 2 heterocycles. The fourth-order valence-corrected chi connectivity index (χ4v) is 4.45. The number of benzene rings is 2. The Balaban J connectivity index is 1.53. The number of halogens is 2. The highest BCUT2D eigenvalue weighted by Crippen LogP contribution is 2.27. The largest absolute Gasteiger partial charge is 0.296 e. The average Bonchev–Trinajstić information content (AvgIpc) is 3.27. The van der Waals surface area contributed by atoms with E-state index in [1.165, 1.54) is 11.3 Å². The van der Waals surface area contributed by atoms with Crippen molar-refractivity contribution in [1.82, 2.24) is 20.0 Å². The van der Waals surface area contributed by atoms with E-state index in [0.717, 1.165) is 33.8 Å². The van der Waals surface area contributed by atoms with Gasteiger partial charge in [-0.1, -0.05) is 46.6 Å². The van der Waals surface area contributed by atoms with Crippen LogP contribution >= 0.6 is 34.5 Å². The van der Waals surface area contributed by atoms with Crippen molar-refractivity contribution >= 4 is 45.6 Å². The number of hydrogen-bond donors (Lipinski definition) is 1. The summed E-state index contributed by atoms with van der Waals surface area (Å²) in [7, 11) is 0. The molecule has 4 aromatic rings. The molecule has 0 unspecified atom stereocenters. The number of hydrogen-bond acceptors (Lipinski definition) is 5. The van der Waals surface area contributed by atoms with Crippen LogP contribution in [0.4, 0.5) is 5.13 Å². The SMILES string of the molecule is Cc1ccc(Cl)cc1-n1nnc(C(=O)Nc2nc(C)c(Cc3ccc(Cl)cc3)s2)c1C. The number of carbonyl (C=O) groups excluding carboxylic acids is 1. The van der Waals surface area contributed by atoms with Crippen molar-refractivity contribution in [3.05, 3.63) is 85.6 Å². The molecule has 0 spiro atoms. The second-order valence-corrected chi connectivity index (χ2v) is 9.11. The summed E-state index contributed by atoms with van der Waals surface area (Å²) < 4.78 is 1.62. The van der Waals surface area contributed by atoms with E-state index >= 15 is 0 Å². The first kappa shape index (κ1) is 21.5. The number of aryl methyl sites for hydroxylation is 2. The summed E-state index contributed by atoms with van der Waals surface area (Å²) in [6.07, 6.45) is 0.722. The van der Waals surface area contributed by atoms with E-state index < -0.39 is 0 Å². The minimum absolute atomic E-state index is 0.242. The van der Waals surface area contributed by atoms with E-state index in [4.69, 9.17) is 23.2 Å². The Morgan fingerprint density at radius 3 is 2.52 bits per heavy atom. The monoisotopic (exact) mass is 471 g/mol. The number of carbonyl (C=O) groups is 1. The van der Waals surface area contributed by atoms with Gasteiger partial charge in [-0.15, -0.1) is 16.4 Å². The fraction of sp³-hybridized carbons (Fsp3) is 0.182. The molecule has 1 amide bonds. The average molecular weight is 472 g/mol. The predicted octanol–water partition coefficient (Wildman–Crippen LogP) is 5.80. The van der Waals surface area contributed by atoms with E-state index in [9.17, 15) is 4.79 Å². The van der Waals surface area contributed by atoms with Gasteiger partial charge >= 0.3 is 0 Å². The third-order valence-corrected chi connectivity index (χ3v) is 6.46. The molecule has 9 heteroatoms. The second-order valence-electron chi connectivity index (χ2n) is 7.15. The number of aromatic nitrogens is 4. The van der Waals surface area contributed by atoms with Crippen molar-refractivity contribution < 1.29 is 4.79 Å². The van der Waals surface area contributed by atoms with E-state index in [2.05, 4.69) is 20.6 Å². The number of nitrogens with one attached hydrogen (secondary N) is 1. The Bertz CT molecular complexity index is 1260. The van der Waals surface area contributed by atoms with E-state index in [1.807, 2.05) is 50.2 Å². The highest BCUT2D eigenvalue weighted by atomic mass is 35.5. The molecule has 0 atom stereocenters. The highest BCUT2D eigenvalue weighted by molar-refractivity contribution is 7.15. The number of nitrogens with zero attached hydrogens (tertiary/aromatic N) is 4. The first-order valence-corrected chi connectivity index (χ1v) is 11.1. The summed E-state index contributed by atoms with van der Waals surface area (Å²) >= 11 is 13.5. The number of anilines is 1. The molecule has 1 N–H and O–H groups in total. The molecule has 4 rings (SSSR count). The molecule has 2 aromatic carbocycles. The van der Waals surface area contributed by atoms with Crippen molar-refractivity contribution in [2.24, 2.45) is 0 Å². The molecule has 0 aliphatic rings. The van der Waals surface area contributed by atoms with Gasteiger partial charge in [0.1, 0.15) is 0 Å². The number of thiazole rings is 1. The molecule has 0 saturated carbocycles. The van der Waals surface area contributed by atoms with Crippen LogP contribution in [0.25, 0.3) is 5.69 Å². The molecule has 158 valence electrons. The van der Waals surface area contributed by atoms with Crippen LogP contribution in [-0.2, 0) is 6.42 Å². The van der Waals surface area contributed by atoms with Crippen LogP contribution in [0.2, 0.25) is 10.0 Å². The van der Waals surface area contributed by atoms with Crippen LogP contribution in [0, 0.1) is 20.8 Å². The molecule has 6 nitrogen and oxygen atoms in total. The van der Waals surface area contributed by atoms with Crippen LogP contribution in [0.5, 0.6) is 0 Å². The van der Waals surface area contributed by atoms with Crippen molar-refractivity contribution in [2.45, 2.75) is 27.2 Å². The van der Waals surface area contributed by atoms with Gasteiger partial charge in [0.25, 0.3) is 5.91 Å². The molecule has 0 bridgehead atoms. The zero-order valence-corrected chi connectivity index (χ0v) is 19.4. The summed E-state index contributed by atoms with van der Waals surface area (Å²) in [6.45, 7) is 5.68. The smallest absolute Gasteiger partial charge is 0.279 e. The predicted molar refractivity (Wildman–Crippen MR) is 125 cm³/mol. The van der Waals surface area contributed by atoms with Gasteiger partial charge in [-0.2, -0.15) is 0 Å². The second kappa shape index (κ2) is 8.78. The lowest BCUT2D eigenvalue weighted by atomic mass is 10.1. The summed E-state index contributed by atoms with van der Waals surface area (Å²) in [6, 6.07) is 13.2. The molecule has 31 heavy (non-hydrogen) atoms. The van der Waals surface area contributed by atoms with Crippen LogP contribution in [0.1, 0.15) is 37.9 Å². The molecular formula is C22H19Cl2N5OS. The van der Waals surface area contributed by atoms with Crippen molar-refractivity contribution in [3.63, 3.8) is 0 Å². The quantitative estimate of drug-likeness (QED) is 0.399. The highest BCUT2D eigenvalue weighted by Gasteiger charge is 2.20. The molecule has 0 aliphatic heterocycles. The molecule has 0 fully saturated rings. The summed E-state index contributed by atoms with van der Waals surface area (Å²) in [5.74, 6) is -0.352. The van der Waals surface area contributed by atoms with Crippen LogP contribution < -0.4 is 5.32 Å². The van der Waals surface area contributed by atoms with Gasteiger partial charge in [0.15, 0.2) is 10.8 Å². The molecule has 2 aromatic heterocycles. The normalized spacial score (nSPS) is 11.0. The topological polar surface area (TPSA) is 72.7 Å². The third-order valence-electron chi connectivity index (χ3n) is 4.90. The first-order chi connectivity index (χ1) is 14.8. The Kier molecular flexibility index (Phi) is 6.09. The van der Waals surface area contributed by atoms with Crippen LogP contribution in [0.15, 0.2) is 42.5 Å². The van der Waals surface area contributed by atoms with Gasteiger partial charge in [0.2, 0.25) is 0 Å². The summed E-state index contributed by atoms with van der Waals surface area (Å²) in [5, 5.41) is 12.9. The van der Waals surface area contributed by atoms with Gasteiger partial charge in [0, 0.05) is 21.3 Å². The maximum atomic E-state index is 12.8. The molecule has 0 radical (unpaired) electrons. The maximum absolute atomic E-state index is 12.8. The lowest BCUT2D eigenvalue weighted by molar-refractivity contribution is 0.102. The Morgan fingerprint density at radius 2 is 1.77 bits per heavy atom. The van der Waals surface area contributed by atoms with Crippen LogP contribution in [-0.4, -0.2) is 25.9 Å². The molecule has 0 aliphatic carbocycles. The summed E-state index contributed by atoms with van der Waals surface area (Å²) in [5.41, 5.74) is 4.64. The molecular weight excluding hydrogens is 453 g/mol. The first-order valence-electron chi connectivity index (χ1n) is 9.52. The lowest BCUT2D eigenvalue weighted by Crippen LogP contribution is -2.14. The Labute approximate surface area is 193 Å². The van der Waals surface area contributed by atoms with Crippen molar-refractivity contribution in [3.8, 4) is 5.69 Å². The summed E-state index contributed by atoms with van der Waals surface area (Å²) in [4.78, 5) is 18.4. The molecule has 0 saturated heterocycles. The number of rotatable bonds is 5. The zero-order chi connectivity index (χ0) is 22.1. The van der Waals surface area contributed by atoms with Gasteiger partial charge in [-0.05, 0) is 56.2 Å². The Hall–Kier alpha value is -2.74. The van der Waals surface area contributed by atoms with Gasteiger partial charge in [-0.25, -0.2) is 9.67 Å². The Morgan fingerprint density at radius 1 is 1.06 bits per heavy atom. The standard InChI is InChI=1S/C22H19Cl2N5OS/c1-12-4-7-17(24)11-18(12)29-14(3)20(27-28-29)21(30)26-22-25-13(2)19(31-22)10-15-5-8-16(23)9-6-15/h4-9,11H,10H2,1-3H3,(H,25,26,30).